The monoisotopic (exact) mass is 270 g/mol. The molecule has 0 aliphatic heterocycles. The molecule has 0 saturated carbocycles. The highest BCUT2D eigenvalue weighted by molar-refractivity contribution is 6.33. The number of nitrogens with one attached hydrogen (secondary N) is 1. The minimum Gasteiger partial charge on any atom is -0.386 e. The molecule has 0 amide bonds. The Hall–Kier alpha value is -1.16. The predicted molar refractivity (Wildman–Crippen MR) is 70.1 cm³/mol. The number of hydrogen-bond acceptors (Lipinski definition) is 2. The molecule has 1 atom stereocenters. The van der Waals surface area contributed by atoms with Gasteiger partial charge in [0.05, 0.1) is 12.6 Å². The SMILES string of the molecule is OC(CNn1cccc1)c1cc(Cl)ccc1Cl. The van der Waals surface area contributed by atoms with Crippen LogP contribution in [0.2, 0.25) is 10.0 Å². The van der Waals surface area contributed by atoms with Crippen molar-refractivity contribution >= 4 is 23.2 Å². The summed E-state index contributed by atoms with van der Waals surface area (Å²) in [6, 6.07) is 8.83. The third-order valence-electron chi connectivity index (χ3n) is 2.39. The molecule has 2 aromatic rings. The lowest BCUT2D eigenvalue weighted by Crippen LogP contribution is -2.20. The zero-order chi connectivity index (χ0) is 12.3. The maximum absolute atomic E-state index is 10.0. The predicted octanol–water partition coefficient (Wildman–Crippen LogP) is 3.07. The number of nitrogens with zero attached hydrogens (tertiary/aromatic N) is 1. The van der Waals surface area contributed by atoms with Crippen LogP contribution in [0.25, 0.3) is 0 Å². The average Bonchev–Trinajstić information content (AvgIpc) is 2.82. The summed E-state index contributed by atoms with van der Waals surface area (Å²) < 4.78 is 1.77. The van der Waals surface area contributed by atoms with Crippen molar-refractivity contribution in [1.29, 1.82) is 0 Å². The second-order valence-electron chi connectivity index (χ2n) is 3.63. The summed E-state index contributed by atoms with van der Waals surface area (Å²) >= 11 is 11.9. The molecular weight excluding hydrogens is 259 g/mol. The molecule has 0 fully saturated rings. The van der Waals surface area contributed by atoms with Crippen molar-refractivity contribution in [1.82, 2.24) is 4.68 Å². The van der Waals surface area contributed by atoms with Crippen molar-refractivity contribution in [3.8, 4) is 0 Å². The van der Waals surface area contributed by atoms with E-state index in [0.717, 1.165) is 0 Å². The van der Waals surface area contributed by atoms with E-state index in [4.69, 9.17) is 23.2 Å². The Kier molecular flexibility index (Phi) is 3.94. The average molecular weight is 271 g/mol. The lowest BCUT2D eigenvalue weighted by atomic mass is 10.1. The van der Waals surface area contributed by atoms with Gasteiger partial charge in [0.15, 0.2) is 0 Å². The Bertz CT molecular complexity index is 485. The number of benzene rings is 1. The fraction of sp³-hybridized carbons (Fsp3) is 0.167. The quantitative estimate of drug-likeness (QED) is 0.896. The van der Waals surface area contributed by atoms with Crippen molar-refractivity contribution in [2.24, 2.45) is 0 Å². The number of aliphatic hydroxyl groups excluding tert-OH is 1. The van der Waals surface area contributed by atoms with Gasteiger partial charge in [-0.15, -0.1) is 0 Å². The molecule has 1 aromatic carbocycles. The first-order valence-corrected chi connectivity index (χ1v) is 5.92. The number of halogens is 2. The van der Waals surface area contributed by atoms with Crippen molar-refractivity contribution in [2.75, 3.05) is 12.0 Å². The molecule has 3 nitrogen and oxygen atoms in total. The molecule has 2 N–H and O–H groups in total. The van der Waals surface area contributed by atoms with Crippen LogP contribution in [-0.2, 0) is 0 Å². The second-order valence-corrected chi connectivity index (χ2v) is 4.48. The van der Waals surface area contributed by atoms with Crippen molar-refractivity contribution in [2.45, 2.75) is 6.10 Å². The van der Waals surface area contributed by atoms with Gasteiger partial charge in [-0.1, -0.05) is 23.2 Å². The number of hydrogen-bond donors (Lipinski definition) is 2. The Morgan fingerprint density at radius 1 is 1.24 bits per heavy atom. The van der Waals surface area contributed by atoms with Crippen LogP contribution in [0.1, 0.15) is 11.7 Å². The van der Waals surface area contributed by atoms with Crippen molar-refractivity contribution in [3.05, 3.63) is 58.3 Å². The minimum absolute atomic E-state index is 0.356. The molecule has 0 aliphatic rings. The number of rotatable bonds is 4. The molecule has 0 radical (unpaired) electrons. The molecule has 0 spiro atoms. The van der Waals surface area contributed by atoms with Gasteiger partial charge in [-0.25, -0.2) is 0 Å². The minimum atomic E-state index is -0.705. The standard InChI is InChI=1S/C12H12Cl2N2O/c13-9-3-4-11(14)10(7-9)12(17)8-15-16-5-1-2-6-16/h1-7,12,15,17H,8H2. The molecule has 0 aliphatic carbocycles. The van der Waals surface area contributed by atoms with E-state index in [0.29, 0.717) is 22.2 Å². The summed E-state index contributed by atoms with van der Waals surface area (Å²) in [4.78, 5) is 0. The second kappa shape index (κ2) is 5.45. The fourth-order valence-corrected chi connectivity index (χ4v) is 1.94. The van der Waals surface area contributed by atoms with Crippen LogP contribution in [-0.4, -0.2) is 16.3 Å². The van der Waals surface area contributed by atoms with Gasteiger partial charge in [-0.05, 0) is 30.3 Å². The van der Waals surface area contributed by atoms with Crippen LogP contribution < -0.4 is 5.43 Å². The first-order valence-electron chi connectivity index (χ1n) is 5.16. The molecule has 5 heteroatoms. The van der Waals surface area contributed by atoms with Gasteiger partial charge in [0, 0.05) is 28.0 Å². The van der Waals surface area contributed by atoms with Gasteiger partial charge in [0.1, 0.15) is 0 Å². The molecule has 1 aromatic heterocycles. The van der Waals surface area contributed by atoms with Gasteiger partial charge in [-0.3, -0.25) is 4.68 Å². The van der Waals surface area contributed by atoms with Gasteiger partial charge in [0.25, 0.3) is 0 Å². The highest BCUT2D eigenvalue weighted by atomic mass is 35.5. The van der Waals surface area contributed by atoms with Crippen LogP contribution in [0.15, 0.2) is 42.7 Å². The maximum Gasteiger partial charge on any atom is 0.0993 e. The summed E-state index contributed by atoms with van der Waals surface area (Å²) in [6.45, 7) is 0.356. The Morgan fingerprint density at radius 3 is 2.65 bits per heavy atom. The zero-order valence-corrected chi connectivity index (χ0v) is 10.5. The van der Waals surface area contributed by atoms with E-state index in [1.165, 1.54) is 0 Å². The van der Waals surface area contributed by atoms with E-state index in [2.05, 4.69) is 5.43 Å². The zero-order valence-electron chi connectivity index (χ0n) is 8.98. The molecular formula is C12H12Cl2N2O. The highest BCUT2D eigenvalue weighted by Crippen LogP contribution is 2.26. The Morgan fingerprint density at radius 2 is 1.94 bits per heavy atom. The summed E-state index contributed by atoms with van der Waals surface area (Å²) in [5, 5.41) is 11.1. The largest absolute Gasteiger partial charge is 0.386 e. The van der Waals surface area contributed by atoms with Crippen LogP contribution in [0.5, 0.6) is 0 Å². The lowest BCUT2D eigenvalue weighted by Gasteiger charge is -2.15. The number of aromatic nitrogens is 1. The third kappa shape index (κ3) is 3.16. The molecule has 90 valence electrons. The van der Waals surface area contributed by atoms with E-state index >= 15 is 0 Å². The fourth-order valence-electron chi connectivity index (χ4n) is 1.51. The van der Waals surface area contributed by atoms with E-state index in [1.807, 2.05) is 24.5 Å². The van der Waals surface area contributed by atoms with Crippen LogP contribution >= 0.6 is 23.2 Å². The summed E-state index contributed by atoms with van der Waals surface area (Å²) in [7, 11) is 0. The topological polar surface area (TPSA) is 37.2 Å². The maximum atomic E-state index is 10.0. The van der Waals surface area contributed by atoms with E-state index in [9.17, 15) is 5.11 Å². The highest BCUT2D eigenvalue weighted by Gasteiger charge is 2.11. The first-order chi connectivity index (χ1) is 8.16. The lowest BCUT2D eigenvalue weighted by molar-refractivity contribution is 0.188. The van der Waals surface area contributed by atoms with Crippen molar-refractivity contribution in [3.63, 3.8) is 0 Å². The van der Waals surface area contributed by atoms with Crippen LogP contribution in [0.3, 0.4) is 0 Å². The van der Waals surface area contributed by atoms with Crippen LogP contribution in [0.4, 0.5) is 0 Å². The molecule has 0 bridgehead atoms. The first kappa shape index (κ1) is 12.3. The smallest absolute Gasteiger partial charge is 0.0993 e. The number of aliphatic hydroxyl groups is 1. The van der Waals surface area contributed by atoms with E-state index in [1.54, 1.807) is 22.9 Å². The van der Waals surface area contributed by atoms with Gasteiger partial charge in [-0.2, -0.15) is 0 Å². The summed E-state index contributed by atoms with van der Waals surface area (Å²) in [5.41, 5.74) is 3.66. The van der Waals surface area contributed by atoms with Gasteiger partial charge < -0.3 is 10.5 Å². The third-order valence-corrected chi connectivity index (χ3v) is 2.97. The molecule has 17 heavy (non-hydrogen) atoms. The van der Waals surface area contributed by atoms with Gasteiger partial charge >= 0.3 is 0 Å². The molecule has 1 unspecified atom stereocenters. The summed E-state index contributed by atoms with van der Waals surface area (Å²) in [6.07, 6.45) is 3.00. The normalized spacial score (nSPS) is 12.4. The van der Waals surface area contributed by atoms with Gasteiger partial charge in [0.2, 0.25) is 0 Å². The molecule has 0 saturated heterocycles. The summed E-state index contributed by atoms with van der Waals surface area (Å²) in [5.74, 6) is 0. The van der Waals surface area contributed by atoms with Crippen LogP contribution in [0, 0.1) is 0 Å². The van der Waals surface area contributed by atoms with Crippen molar-refractivity contribution < 1.29 is 5.11 Å². The molecule has 1 heterocycles. The Labute approximate surface area is 110 Å². The Balaban J connectivity index is 2.04. The van der Waals surface area contributed by atoms with E-state index < -0.39 is 6.10 Å². The van der Waals surface area contributed by atoms with E-state index in [-0.39, 0.29) is 0 Å². The molecule has 2 rings (SSSR count).